The van der Waals surface area contributed by atoms with Gasteiger partial charge < -0.3 is 9.84 Å². The fraction of sp³-hybridized carbons (Fsp3) is 0. The van der Waals surface area contributed by atoms with Crippen molar-refractivity contribution in [2.24, 2.45) is 0 Å². The van der Waals surface area contributed by atoms with Gasteiger partial charge in [0.05, 0.1) is 6.20 Å². The van der Waals surface area contributed by atoms with E-state index in [0.717, 1.165) is 6.08 Å². The second kappa shape index (κ2) is 5.58. The molecule has 0 fully saturated rings. The maximum absolute atomic E-state index is 10.3. The number of nitrogens with zero attached hydrogens (tertiary/aromatic N) is 2. The molecule has 90 valence electrons. The normalized spacial score (nSPS) is 10.4. The lowest BCUT2D eigenvalue weighted by Gasteiger charge is -2.03. The molecule has 2 aromatic heterocycles. The van der Waals surface area contributed by atoms with Crippen LogP contribution in [-0.4, -0.2) is 21.0 Å². The van der Waals surface area contributed by atoms with Crippen molar-refractivity contribution < 1.29 is 14.6 Å². The summed E-state index contributed by atoms with van der Waals surface area (Å²) < 4.78 is 5.44. The van der Waals surface area contributed by atoms with E-state index in [4.69, 9.17) is 9.84 Å². The van der Waals surface area contributed by atoms with E-state index in [0.29, 0.717) is 17.2 Å². The van der Waals surface area contributed by atoms with Gasteiger partial charge in [-0.15, -0.1) is 0 Å². The molecule has 1 N–H and O–H groups in total. The second-order valence-electron chi connectivity index (χ2n) is 3.39. The van der Waals surface area contributed by atoms with Crippen LogP contribution in [0.15, 0.2) is 48.9 Å². The highest BCUT2D eigenvalue weighted by Gasteiger charge is 1.98. The number of aliphatic carboxylic acids is 1. The summed E-state index contributed by atoms with van der Waals surface area (Å²) in [5, 5.41) is 8.49. The number of carbonyl (C=O) groups is 1. The van der Waals surface area contributed by atoms with Crippen molar-refractivity contribution in [3.63, 3.8) is 0 Å². The molecule has 0 atom stereocenters. The molecule has 0 saturated carbocycles. The van der Waals surface area contributed by atoms with E-state index in [1.807, 2.05) is 0 Å². The highest BCUT2D eigenvalue weighted by Crippen LogP contribution is 2.17. The summed E-state index contributed by atoms with van der Waals surface area (Å²) in [5.74, 6) is 0.0278. The van der Waals surface area contributed by atoms with Crippen LogP contribution in [0, 0.1) is 0 Å². The van der Waals surface area contributed by atoms with Crippen molar-refractivity contribution in [1.82, 2.24) is 9.97 Å². The average molecular weight is 242 g/mol. The van der Waals surface area contributed by atoms with Crippen molar-refractivity contribution in [2.45, 2.75) is 0 Å². The standard InChI is InChI=1S/C13H10N2O3/c16-13(17)6-4-10-3-5-12(15-8-10)18-11-2-1-7-14-9-11/h1-9H,(H,16,17)/b6-4+. The number of ether oxygens (including phenoxy) is 1. The third-order valence-electron chi connectivity index (χ3n) is 2.03. The van der Waals surface area contributed by atoms with Crippen LogP contribution in [-0.2, 0) is 4.79 Å². The predicted molar refractivity (Wildman–Crippen MR) is 65.2 cm³/mol. The summed E-state index contributed by atoms with van der Waals surface area (Å²) in [6, 6.07) is 6.92. The minimum Gasteiger partial charge on any atom is -0.478 e. The molecule has 0 bridgehead atoms. The van der Waals surface area contributed by atoms with Gasteiger partial charge in [0.15, 0.2) is 0 Å². The zero-order chi connectivity index (χ0) is 12.8. The predicted octanol–water partition coefficient (Wildman–Crippen LogP) is 2.37. The molecule has 2 heterocycles. The maximum atomic E-state index is 10.3. The van der Waals surface area contributed by atoms with Gasteiger partial charge >= 0.3 is 5.97 Å². The Balaban J connectivity index is 2.06. The third-order valence-corrected chi connectivity index (χ3v) is 2.03. The van der Waals surface area contributed by atoms with Crippen molar-refractivity contribution in [2.75, 3.05) is 0 Å². The topological polar surface area (TPSA) is 72.3 Å². The van der Waals surface area contributed by atoms with Crippen LogP contribution in [0.25, 0.3) is 6.08 Å². The quantitative estimate of drug-likeness (QED) is 0.833. The van der Waals surface area contributed by atoms with E-state index in [2.05, 4.69) is 9.97 Å². The van der Waals surface area contributed by atoms with Crippen LogP contribution >= 0.6 is 0 Å². The van der Waals surface area contributed by atoms with Gasteiger partial charge in [-0.3, -0.25) is 4.98 Å². The number of hydrogen-bond acceptors (Lipinski definition) is 4. The van der Waals surface area contributed by atoms with Crippen LogP contribution in [0.1, 0.15) is 5.56 Å². The van der Waals surface area contributed by atoms with Crippen LogP contribution in [0.3, 0.4) is 0 Å². The molecule has 0 spiro atoms. The first-order valence-corrected chi connectivity index (χ1v) is 5.19. The van der Waals surface area contributed by atoms with E-state index in [9.17, 15) is 4.79 Å². The smallest absolute Gasteiger partial charge is 0.328 e. The molecule has 2 aromatic rings. The van der Waals surface area contributed by atoms with Gasteiger partial charge in [-0.1, -0.05) is 0 Å². The third kappa shape index (κ3) is 3.41. The summed E-state index contributed by atoms with van der Waals surface area (Å²) in [6.45, 7) is 0. The van der Waals surface area contributed by atoms with Gasteiger partial charge in [-0.25, -0.2) is 9.78 Å². The van der Waals surface area contributed by atoms with Crippen LogP contribution in [0.5, 0.6) is 11.6 Å². The molecular formula is C13H10N2O3. The molecule has 5 nitrogen and oxygen atoms in total. The minimum atomic E-state index is -0.995. The van der Waals surface area contributed by atoms with Crippen molar-refractivity contribution in [1.29, 1.82) is 0 Å². The SMILES string of the molecule is O=C(O)/C=C/c1ccc(Oc2cccnc2)nc1. The molecule has 0 unspecified atom stereocenters. The first-order valence-electron chi connectivity index (χ1n) is 5.19. The van der Waals surface area contributed by atoms with Crippen molar-refractivity contribution >= 4 is 12.0 Å². The number of carboxylic acid groups (broad SMARTS) is 1. The van der Waals surface area contributed by atoms with Crippen LogP contribution in [0.2, 0.25) is 0 Å². The molecule has 5 heteroatoms. The Kier molecular flexibility index (Phi) is 3.66. The molecule has 0 aliphatic carbocycles. The number of rotatable bonds is 4. The zero-order valence-electron chi connectivity index (χ0n) is 9.35. The van der Waals surface area contributed by atoms with Gasteiger partial charge in [0.2, 0.25) is 5.88 Å². The van der Waals surface area contributed by atoms with Gasteiger partial charge in [0, 0.05) is 24.5 Å². The molecule has 0 radical (unpaired) electrons. The van der Waals surface area contributed by atoms with Gasteiger partial charge in [0.25, 0.3) is 0 Å². The Morgan fingerprint density at radius 1 is 1.28 bits per heavy atom. The molecule has 0 aliphatic rings. The zero-order valence-corrected chi connectivity index (χ0v) is 9.35. The summed E-state index contributed by atoms with van der Waals surface area (Å²) in [4.78, 5) is 18.3. The first-order chi connectivity index (χ1) is 8.74. The maximum Gasteiger partial charge on any atom is 0.328 e. The summed E-state index contributed by atoms with van der Waals surface area (Å²) in [6.07, 6.45) is 7.28. The number of hydrogen-bond donors (Lipinski definition) is 1. The average Bonchev–Trinajstić information content (AvgIpc) is 2.39. The lowest BCUT2D eigenvalue weighted by Crippen LogP contribution is -1.89. The second-order valence-corrected chi connectivity index (χ2v) is 3.39. The van der Waals surface area contributed by atoms with Crippen LogP contribution in [0.4, 0.5) is 0 Å². The van der Waals surface area contributed by atoms with Gasteiger partial charge in [-0.05, 0) is 29.8 Å². The van der Waals surface area contributed by atoms with Gasteiger partial charge in [0.1, 0.15) is 5.75 Å². The molecule has 0 aromatic carbocycles. The number of carboxylic acids is 1. The molecule has 2 rings (SSSR count). The van der Waals surface area contributed by atoms with Gasteiger partial charge in [-0.2, -0.15) is 0 Å². The molecule has 0 aliphatic heterocycles. The Hall–Kier alpha value is -2.69. The molecular weight excluding hydrogens is 232 g/mol. The molecule has 0 saturated heterocycles. The largest absolute Gasteiger partial charge is 0.478 e. The Morgan fingerprint density at radius 3 is 2.78 bits per heavy atom. The van der Waals surface area contributed by atoms with E-state index in [1.165, 1.54) is 12.3 Å². The monoisotopic (exact) mass is 242 g/mol. The Morgan fingerprint density at radius 2 is 2.17 bits per heavy atom. The minimum absolute atomic E-state index is 0.426. The lowest BCUT2D eigenvalue weighted by molar-refractivity contribution is -0.131. The fourth-order valence-corrected chi connectivity index (χ4v) is 1.25. The van der Waals surface area contributed by atoms with E-state index in [-0.39, 0.29) is 0 Å². The number of pyridine rings is 2. The summed E-state index contributed by atoms with van der Waals surface area (Å²) >= 11 is 0. The Bertz CT molecular complexity index is 550. The van der Waals surface area contributed by atoms with Crippen molar-refractivity contribution in [3.05, 3.63) is 54.5 Å². The van der Waals surface area contributed by atoms with Crippen LogP contribution < -0.4 is 4.74 Å². The number of aromatic nitrogens is 2. The van der Waals surface area contributed by atoms with Crippen molar-refractivity contribution in [3.8, 4) is 11.6 Å². The fourth-order valence-electron chi connectivity index (χ4n) is 1.25. The highest BCUT2D eigenvalue weighted by atomic mass is 16.5. The van der Waals surface area contributed by atoms with E-state index < -0.39 is 5.97 Å². The van der Waals surface area contributed by atoms with E-state index in [1.54, 1.807) is 36.7 Å². The first kappa shape index (κ1) is 11.8. The van der Waals surface area contributed by atoms with E-state index >= 15 is 0 Å². The summed E-state index contributed by atoms with van der Waals surface area (Å²) in [7, 11) is 0. The molecule has 0 amide bonds. The highest BCUT2D eigenvalue weighted by molar-refractivity contribution is 5.85. The summed E-state index contributed by atoms with van der Waals surface area (Å²) in [5.41, 5.74) is 0.691. The lowest BCUT2D eigenvalue weighted by atomic mass is 10.2. The molecule has 18 heavy (non-hydrogen) atoms. The Labute approximate surface area is 103 Å².